The Kier molecular flexibility index (Phi) is 10.4. The molecule has 2 unspecified atom stereocenters. The van der Waals surface area contributed by atoms with Gasteiger partial charge in [-0.25, -0.2) is 0 Å². The predicted molar refractivity (Wildman–Crippen MR) is 131 cm³/mol. The van der Waals surface area contributed by atoms with E-state index < -0.39 is 37.4 Å². The Bertz CT molecular complexity index is 576. The summed E-state index contributed by atoms with van der Waals surface area (Å²) in [5, 5.41) is 0. The maximum atomic E-state index is 2.62. The minimum atomic E-state index is -1.68. The molecule has 0 aliphatic heterocycles. The van der Waals surface area contributed by atoms with Crippen molar-refractivity contribution < 1.29 is 0 Å². The van der Waals surface area contributed by atoms with E-state index in [0.29, 0.717) is 0 Å². The summed E-state index contributed by atoms with van der Waals surface area (Å²) >= 11 is -1.68. The van der Waals surface area contributed by atoms with Crippen molar-refractivity contribution >= 4 is 37.4 Å². The van der Waals surface area contributed by atoms with Gasteiger partial charge in [0.15, 0.2) is 0 Å². The quantitative estimate of drug-likeness (QED) is 0.235. The van der Waals surface area contributed by atoms with E-state index in [1.807, 2.05) is 0 Å². The van der Waals surface area contributed by atoms with Crippen LogP contribution in [0.1, 0.15) is 50.8 Å². The molecule has 0 saturated carbocycles. The summed E-state index contributed by atoms with van der Waals surface area (Å²) in [5.41, 5.74) is 3.39. The average Bonchev–Trinajstić information content (AvgIpc) is 2.66. The van der Waals surface area contributed by atoms with Crippen molar-refractivity contribution in [3.63, 3.8) is 0 Å². The summed E-state index contributed by atoms with van der Waals surface area (Å²) < 4.78 is 3.56. The number of hydrogen-bond acceptors (Lipinski definition) is 0. The molecule has 0 heterocycles. The molecule has 0 saturated heterocycles. The number of rotatable bonds is 11. The number of benzene rings is 2. The van der Waals surface area contributed by atoms with Gasteiger partial charge in [0.2, 0.25) is 0 Å². The molecule has 2 aromatic rings. The van der Waals surface area contributed by atoms with Crippen LogP contribution in [0.2, 0.25) is 30.6 Å². The van der Waals surface area contributed by atoms with Crippen LogP contribution in [-0.4, -0.2) is 37.4 Å². The van der Waals surface area contributed by atoms with E-state index >= 15 is 0 Å². The third-order valence-electron chi connectivity index (χ3n) is 5.77. The molecule has 0 spiro atoms. The molecular formula is C24H39Si2Sn. The molecular weight excluding hydrogens is 463 g/mol. The zero-order valence-corrected chi connectivity index (χ0v) is 23.3. The zero-order chi connectivity index (χ0) is 19.6. The minimum absolute atomic E-state index is 0.740. The standard InChI is InChI=1S/2C9H13Si.C6H13.Sn/c2*1-10(2)8-9-6-4-3-5-7-9;1-3-5-6-4-2;/h2*3-8,10H,1-2H3;1,3-6H2,2H3;. The second kappa shape index (κ2) is 12.3. The first-order valence-corrected chi connectivity index (χ1v) is 22.3. The van der Waals surface area contributed by atoms with Gasteiger partial charge in [0.25, 0.3) is 0 Å². The SMILES string of the molecule is CCCCC[CH2][Sn]([CH](c1ccccc1)[SiH](C)C)[CH](c1ccccc1)[SiH](C)C. The molecule has 0 amide bonds. The van der Waals surface area contributed by atoms with E-state index in [0.717, 1.165) is 7.11 Å². The van der Waals surface area contributed by atoms with Crippen LogP contribution in [0.15, 0.2) is 60.7 Å². The average molecular weight is 502 g/mol. The van der Waals surface area contributed by atoms with Crippen LogP contribution < -0.4 is 0 Å². The fraction of sp³-hybridized carbons (Fsp3) is 0.500. The van der Waals surface area contributed by atoms with E-state index in [-0.39, 0.29) is 0 Å². The topological polar surface area (TPSA) is 0 Å². The van der Waals surface area contributed by atoms with Gasteiger partial charge in [0, 0.05) is 0 Å². The first-order valence-electron chi connectivity index (χ1n) is 11.0. The predicted octanol–water partition coefficient (Wildman–Crippen LogP) is 6.76. The number of hydrogen-bond donors (Lipinski definition) is 0. The van der Waals surface area contributed by atoms with E-state index in [9.17, 15) is 0 Å². The first-order chi connectivity index (χ1) is 13.1. The molecule has 2 atom stereocenters. The molecule has 0 nitrogen and oxygen atoms in total. The molecule has 27 heavy (non-hydrogen) atoms. The van der Waals surface area contributed by atoms with Crippen LogP contribution in [0.25, 0.3) is 0 Å². The van der Waals surface area contributed by atoms with Crippen LogP contribution in [0.5, 0.6) is 0 Å². The fourth-order valence-corrected chi connectivity index (χ4v) is 37.8. The molecule has 1 radical (unpaired) electrons. The second-order valence-electron chi connectivity index (χ2n) is 8.65. The van der Waals surface area contributed by atoms with E-state index in [1.165, 1.54) is 25.7 Å². The van der Waals surface area contributed by atoms with Gasteiger partial charge in [0.1, 0.15) is 0 Å². The van der Waals surface area contributed by atoms with Crippen LogP contribution in [0.4, 0.5) is 0 Å². The van der Waals surface area contributed by atoms with Crippen LogP contribution in [0, 0.1) is 0 Å². The van der Waals surface area contributed by atoms with Crippen LogP contribution in [-0.2, 0) is 0 Å². The Morgan fingerprint density at radius 3 is 1.48 bits per heavy atom. The summed E-state index contributed by atoms with van der Waals surface area (Å²) in [7, 11) is -1.48. The van der Waals surface area contributed by atoms with Gasteiger partial charge in [-0.2, -0.15) is 0 Å². The van der Waals surface area contributed by atoms with Crippen molar-refractivity contribution in [3.05, 3.63) is 71.8 Å². The summed E-state index contributed by atoms with van der Waals surface area (Å²) in [6, 6.07) is 23.3. The molecule has 147 valence electrons. The first kappa shape index (κ1) is 23.0. The third-order valence-corrected chi connectivity index (χ3v) is 35.5. The van der Waals surface area contributed by atoms with Gasteiger partial charge in [-0.3, -0.25) is 0 Å². The molecule has 2 rings (SSSR count). The van der Waals surface area contributed by atoms with Crippen molar-refractivity contribution in [2.45, 2.75) is 70.3 Å². The molecule has 0 aliphatic carbocycles. The summed E-state index contributed by atoms with van der Waals surface area (Å²) in [5.74, 6) is 0. The Balaban J connectivity index is 2.40. The van der Waals surface area contributed by atoms with Gasteiger partial charge in [0.05, 0.1) is 0 Å². The molecule has 0 fully saturated rings. The van der Waals surface area contributed by atoms with Crippen LogP contribution in [0.3, 0.4) is 0 Å². The van der Waals surface area contributed by atoms with Crippen molar-refractivity contribution in [2.75, 3.05) is 0 Å². The molecule has 0 bridgehead atoms. The summed E-state index contributed by atoms with van der Waals surface area (Å²) in [6.45, 7) is 12.8. The molecule has 2 aromatic carbocycles. The normalized spacial score (nSPS) is 14.1. The van der Waals surface area contributed by atoms with Crippen molar-refractivity contribution in [1.29, 1.82) is 0 Å². The maximum absolute atomic E-state index is 2.62. The van der Waals surface area contributed by atoms with Crippen LogP contribution >= 0.6 is 0 Å². The van der Waals surface area contributed by atoms with E-state index in [2.05, 4.69) is 93.8 Å². The fourth-order valence-electron chi connectivity index (χ4n) is 4.64. The Hall–Kier alpha value is -0.328. The Morgan fingerprint density at radius 2 is 1.11 bits per heavy atom. The van der Waals surface area contributed by atoms with Crippen molar-refractivity contribution in [1.82, 2.24) is 0 Å². The van der Waals surface area contributed by atoms with Gasteiger partial charge in [-0.05, 0) is 0 Å². The van der Waals surface area contributed by atoms with E-state index in [1.54, 1.807) is 15.6 Å². The Morgan fingerprint density at radius 1 is 0.667 bits per heavy atom. The van der Waals surface area contributed by atoms with Gasteiger partial charge < -0.3 is 0 Å². The molecule has 0 aromatic heterocycles. The number of unbranched alkanes of at least 4 members (excludes halogenated alkanes) is 3. The van der Waals surface area contributed by atoms with E-state index in [4.69, 9.17) is 0 Å². The van der Waals surface area contributed by atoms with Gasteiger partial charge >= 0.3 is 179 Å². The van der Waals surface area contributed by atoms with Gasteiger partial charge in [-0.1, -0.05) is 0 Å². The second-order valence-corrected chi connectivity index (χ2v) is 27.0. The van der Waals surface area contributed by atoms with Crippen molar-refractivity contribution in [3.8, 4) is 0 Å². The molecule has 0 aliphatic rings. The summed E-state index contributed by atoms with van der Waals surface area (Å²) in [6.07, 6.45) is 5.70. The Labute approximate surface area is 178 Å². The monoisotopic (exact) mass is 503 g/mol. The molecule has 3 heteroatoms. The van der Waals surface area contributed by atoms with Gasteiger partial charge in [-0.15, -0.1) is 0 Å². The zero-order valence-electron chi connectivity index (χ0n) is 18.1. The summed E-state index contributed by atoms with van der Waals surface area (Å²) in [4.78, 5) is 0. The van der Waals surface area contributed by atoms with Crippen molar-refractivity contribution in [2.24, 2.45) is 0 Å². The molecule has 0 N–H and O–H groups in total. The third kappa shape index (κ3) is 6.90.